The molecule has 0 bridgehead atoms. The summed E-state index contributed by atoms with van der Waals surface area (Å²) < 4.78 is 0. The zero-order valence-electron chi connectivity index (χ0n) is 15.7. The van der Waals surface area contributed by atoms with Crippen molar-refractivity contribution in [2.24, 2.45) is 5.92 Å². The van der Waals surface area contributed by atoms with E-state index in [1.54, 1.807) is 15.9 Å². The van der Waals surface area contributed by atoms with Crippen molar-refractivity contribution in [3.8, 4) is 0 Å². The molecule has 1 N–H and O–H groups in total. The van der Waals surface area contributed by atoms with E-state index in [2.05, 4.69) is 0 Å². The fraction of sp³-hybridized carbons (Fsp3) is 0.318. The van der Waals surface area contributed by atoms with Crippen LogP contribution in [0.1, 0.15) is 34.3 Å². The van der Waals surface area contributed by atoms with Crippen molar-refractivity contribution < 1.29 is 19.5 Å². The standard InChI is InChI=1S/C22H22N2O4/c1-14(25)24-10-9-16-11-17(7-8-20(16)24)21(26)23-12-18(19(13-23)22(27)28)15-5-3-2-4-6-15/h2-8,11,18-19H,9-10,12-13H2,1H3,(H,27,28). The van der Waals surface area contributed by atoms with Gasteiger partial charge in [0.15, 0.2) is 0 Å². The van der Waals surface area contributed by atoms with Crippen LogP contribution in [0.4, 0.5) is 5.69 Å². The molecule has 0 radical (unpaired) electrons. The lowest BCUT2D eigenvalue weighted by Gasteiger charge is -2.18. The predicted octanol–water partition coefficient (Wildman–Crippen LogP) is 2.54. The highest BCUT2D eigenvalue weighted by Crippen LogP contribution is 2.35. The zero-order chi connectivity index (χ0) is 19.8. The number of nitrogens with zero attached hydrogens (tertiary/aromatic N) is 2. The summed E-state index contributed by atoms with van der Waals surface area (Å²) in [5.41, 5.74) is 3.32. The fourth-order valence-electron chi connectivity index (χ4n) is 4.30. The molecule has 0 aromatic heterocycles. The summed E-state index contributed by atoms with van der Waals surface area (Å²) in [6, 6.07) is 14.9. The Labute approximate surface area is 163 Å². The van der Waals surface area contributed by atoms with Crippen LogP contribution in [0.5, 0.6) is 0 Å². The molecule has 2 aromatic carbocycles. The first-order valence-corrected chi connectivity index (χ1v) is 9.43. The molecule has 4 rings (SSSR count). The highest BCUT2D eigenvalue weighted by molar-refractivity contribution is 5.98. The SMILES string of the molecule is CC(=O)N1CCc2cc(C(=O)N3CC(C(=O)O)C(c4ccccc4)C3)ccc21. The Hall–Kier alpha value is -3.15. The number of carboxylic acid groups (broad SMARTS) is 1. The predicted molar refractivity (Wildman–Crippen MR) is 104 cm³/mol. The largest absolute Gasteiger partial charge is 0.481 e. The van der Waals surface area contributed by atoms with Crippen LogP contribution >= 0.6 is 0 Å². The number of hydrogen-bond donors (Lipinski definition) is 1. The summed E-state index contributed by atoms with van der Waals surface area (Å²) >= 11 is 0. The van der Waals surface area contributed by atoms with Gasteiger partial charge < -0.3 is 14.9 Å². The normalized spacial score (nSPS) is 20.9. The first kappa shape index (κ1) is 18.2. The van der Waals surface area contributed by atoms with Crippen molar-refractivity contribution in [2.75, 3.05) is 24.5 Å². The molecule has 6 nitrogen and oxygen atoms in total. The van der Waals surface area contributed by atoms with Gasteiger partial charge >= 0.3 is 5.97 Å². The number of carbonyl (C=O) groups is 3. The van der Waals surface area contributed by atoms with Crippen LogP contribution < -0.4 is 4.90 Å². The van der Waals surface area contributed by atoms with E-state index in [4.69, 9.17) is 0 Å². The summed E-state index contributed by atoms with van der Waals surface area (Å²) in [4.78, 5) is 39.9. The minimum Gasteiger partial charge on any atom is -0.481 e. The quantitative estimate of drug-likeness (QED) is 0.890. The second kappa shape index (κ2) is 7.11. The second-order valence-electron chi connectivity index (χ2n) is 7.44. The Morgan fingerprint density at radius 3 is 2.46 bits per heavy atom. The highest BCUT2D eigenvalue weighted by Gasteiger charge is 2.40. The van der Waals surface area contributed by atoms with E-state index in [1.165, 1.54) is 6.92 Å². The molecule has 2 aliphatic rings. The molecule has 2 atom stereocenters. The number of hydrogen-bond acceptors (Lipinski definition) is 3. The molecule has 2 unspecified atom stereocenters. The van der Waals surface area contributed by atoms with Crippen molar-refractivity contribution >= 4 is 23.5 Å². The highest BCUT2D eigenvalue weighted by atomic mass is 16.4. The zero-order valence-corrected chi connectivity index (χ0v) is 15.7. The molecule has 2 heterocycles. The van der Waals surface area contributed by atoms with Gasteiger partial charge in [-0.3, -0.25) is 14.4 Å². The van der Waals surface area contributed by atoms with Crippen molar-refractivity contribution in [1.82, 2.24) is 4.90 Å². The molecule has 2 aromatic rings. The lowest BCUT2D eigenvalue weighted by atomic mass is 9.89. The molecule has 1 saturated heterocycles. The average Bonchev–Trinajstić information content (AvgIpc) is 3.32. The Morgan fingerprint density at radius 2 is 1.79 bits per heavy atom. The first-order valence-electron chi connectivity index (χ1n) is 9.43. The van der Waals surface area contributed by atoms with Crippen LogP contribution in [0.15, 0.2) is 48.5 Å². The minimum atomic E-state index is -0.879. The van der Waals surface area contributed by atoms with Crippen molar-refractivity contribution in [3.63, 3.8) is 0 Å². The maximum atomic E-state index is 13.1. The van der Waals surface area contributed by atoms with Gasteiger partial charge in [0, 0.05) is 43.7 Å². The van der Waals surface area contributed by atoms with Crippen molar-refractivity contribution in [3.05, 3.63) is 65.2 Å². The number of fused-ring (bicyclic) bond motifs is 1. The second-order valence-corrected chi connectivity index (χ2v) is 7.44. The summed E-state index contributed by atoms with van der Waals surface area (Å²) in [6.45, 7) is 2.75. The van der Waals surface area contributed by atoms with E-state index >= 15 is 0 Å². The summed E-state index contributed by atoms with van der Waals surface area (Å²) in [5.74, 6) is -1.88. The van der Waals surface area contributed by atoms with E-state index in [0.29, 0.717) is 18.7 Å². The fourth-order valence-corrected chi connectivity index (χ4v) is 4.30. The number of likely N-dealkylation sites (tertiary alicyclic amines) is 1. The number of benzene rings is 2. The number of aliphatic carboxylic acids is 1. The van der Waals surface area contributed by atoms with Gasteiger partial charge in [0.1, 0.15) is 0 Å². The smallest absolute Gasteiger partial charge is 0.308 e. The Morgan fingerprint density at radius 1 is 1.04 bits per heavy atom. The van der Waals surface area contributed by atoms with Crippen LogP contribution in [0, 0.1) is 5.92 Å². The molecule has 144 valence electrons. The van der Waals surface area contributed by atoms with Gasteiger partial charge in [0.2, 0.25) is 5.91 Å². The van der Waals surface area contributed by atoms with E-state index < -0.39 is 11.9 Å². The third-order valence-corrected chi connectivity index (χ3v) is 5.75. The van der Waals surface area contributed by atoms with Crippen LogP contribution in [0.25, 0.3) is 0 Å². The number of carbonyl (C=O) groups excluding carboxylic acids is 2. The van der Waals surface area contributed by atoms with Gasteiger partial charge in [-0.15, -0.1) is 0 Å². The number of carboxylic acids is 1. The maximum absolute atomic E-state index is 13.1. The van der Waals surface area contributed by atoms with Crippen molar-refractivity contribution in [2.45, 2.75) is 19.3 Å². The van der Waals surface area contributed by atoms with E-state index in [0.717, 1.165) is 23.2 Å². The number of rotatable bonds is 3. The van der Waals surface area contributed by atoms with Gasteiger partial charge in [-0.25, -0.2) is 0 Å². The molecule has 0 aliphatic carbocycles. The molecule has 28 heavy (non-hydrogen) atoms. The monoisotopic (exact) mass is 378 g/mol. The molecule has 1 fully saturated rings. The van der Waals surface area contributed by atoms with Crippen LogP contribution in [-0.4, -0.2) is 47.4 Å². The summed E-state index contributed by atoms with van der Waals surface area (Å²) in [5, 5.41) is 9.65. The van der Waals surface area contributed by atoms with E-state index in [1.807, 2.05) is 42.5 Å². The van der Waals surface area contributed by atoms with Gasteiger partial charge in [0.25, 0.3) is 5.91 Å². The summed E-state index contributed by atoms with van der Waals surface area (Å²) in [6.07, 6.45) is 0.723. The molecule has 0 spiro atoms. The molecule has 0 saturated carbocycles. The molecule has 6 heteroatoms. The first-order chi connectivity index (χ1) is 13.5. The average molecular weight is 378 g/mol. The topological polar surface area (TPSA) is 77.9 Å². The van der Waals surface area contributed by atoms with Crippen molar-refractivity contribution in [1.29, 1.82) is 0 Å². The van der Waals surface area contributed by atoms with Gasteiger partial charge in [-0.2, -0.15) is 0 Å². The van der Waals surface area contributed by atoms with Crippen LogP contribution in [0.2, 0.25) is 0 Å². The molecular weight excluding hydrogens is 356 g/mol. The Kier molecular flexibility index (Phi) is 4.63. The Bertz CT molecular complexity index is 941. The van der Waals surface area contributed by atoms with Gasteiger partial charge in [-0.1, -0.05) is 30.3 Å². The maximum Gasteiger partial charge on any atom is 0.308 e. The minimum absolute atomic E-state index is 0.00706. The molecule has 2 aliphatic heterocycles. The lowest BCUT2D eigenvalue weighted by Crippen LogP contribution is -2.30. The van der Waals surface area contributed by atoms with E-state index in [-0.39, 0.29) is 24.3 Å². The third-order valence-electron chi connectivity index (χ3n) is 5.75. The molecule has 2 amide bonds. The number of anilines is 1. The number of amides is 2. The third kappa shape index (κ3) is 3.15. The van der Waals surface area contributed by atoms with Gasteiger partial charge in [-0.05, 0) is 35.7 Å². The van der Waals surface area contributed by atoms with E-state index in [9.17, 15) is 19.5 Å². The van der Waals surface area contributed by atoms with Crippen LogP contribution in [-0.2, 0) is 16.0 Å². The Balaban J connectivity index is 1.57. The molecular formula is C22H22N2O4. The summed E-state index contributed by atoms with van der Waals surface area (Å²) in [7, 11) is 0. The van der Waals surface area contributed by atoms with Crippen LogP contribution in [0.3, 0.4) is 0 Å². The van der Waals surface area contributed by atoms with Gasteiger partial charge in [0.05, 0.1) is 5.92 Å². The lowest BCUT2D eigenvalue weighted by molar-refractivity contribution is -0.141.